The Bertz CT molecular complexity index is 951. The number of aryl methyl sites for hydroxylation is 1. The summed E-state index contributed by atoms with van der Waals surface area (Å²) in [4.78, 5) is 11.6. The molecule has 2 aromatic heterocycles. The van der Waals surface area contributed by atoms with Gasteiger partial charge in [-0.15, -0.1) is 5.10 Å². The topological polar surface area (TPSA) is 58.9 Å². The molecular formula is C20H21ClN6. The fourth-order valence-corrected chi connectivity index (χ4v) is 4.03. The highest BCUT2D eigenvalue weighted by atomic mass is 35.5. The van der Waals surface area contributed by atoms with Gasteiger partial charge in [0, 0.05) is 48.0 Å². The third kappa shape index (κ3) is 3.04. The second-order valence-electron chi connectivity index (χ2n) is 7.63. The van der Waals surface area contributed by atoms with Crippen molar-refractivity contribution in [1.82, 2.24) is 19.7 Å². The Balaban J connectivity index is 1.30. The molecule has 2 fully saturated rings. The highest BCUT2D eigenvalue weighted by Gasteiger charge is 2.47. The van der Waals surface area contributed by atoms with E-state index in [1.165, 1.54) is 19.3 Å². The van der Waals surface area contributed by atoms with Gasteiger partial charge < -0.3 is 10.2 Å². The molecule has 1 aromatic carbocycles. The van der Waals surface area contributed by atoms with E-state index in [1.807, 2.05) is 37.5 Å². The van der Waals surface area contributed by atoms with E-state index in [4.69, 9.17) is 11.6 Å². The quantitative estimate of drug-likeness (QED) is 0.732. The molecule has 1 spiro atoms. The van der Waals surface area contributed by atoms with Gasteiger partial charge in [-0.2, -0.15) is 4.98 Å². The van der Waals surface area contributed by atoms with Crippen LogP contribution in [0.1, 0.15) is 19.3 Å². The van der Waals surface area contributed by atoms with Crippen LogP contribution < -0.4 is 10.2 Å². The minimum absolute atomic E-state index is 0.602. The zero-order valence-corrected chi connectivity index (χ0v) is 15.9. The molecule has 0 radical (unpaired) electrons. The normalized spacial score (nSPS) is 17.5. The second-order valence-corrected chi connectivity index (χ2v) is 8.07. The maximum Gasteiger partial charge on any atom is 0.225 e. The minimum atomic E-state index is 0.602. The molecule has 2 aliphatic rings. The molecule has 27 heavy (non-hydrogen) atoms. The number of nitrogens with one attached hydrogen (secondary N) is 1. The van der Waals surface area contributed by atoms with E-state index in [0.717, 1.165) is 30.2 Å². The molecule has 1 N–H and O–H groups in total. The average Bonchev–Trinajstić information content (AvgIpc) is 2.96. The molecular weight excluding hydrogens is 360 g/mol. The molecule has 0 amide bonds. The first-order chi connectivity index (χ1) is 13.1. The van der Waals surface area contributed by atoms with E-state index in [-0.39, 0.29) is 0 Å². The molecule has 138 valence electrons. The summed E-state index contributed by atoms with van der Waals surface area (Å²) in [6.07, 6.45) is 6.01. The van der Waals surface area contributed by atoms with E-state index in [1.54, 1.807) is 4.68 Å². The van der Waals surface area contributed by atoms with Crippen LogP contribution in [0.15, 0.2) is 42.6 Å². The van der Waals surface area contributed by atoms with E-state index in [2.05, 4.69) is 37.4 Å². The van der Waals surface area contributed by atoms with Crippen molar-refractivity contribution in [1.29, 1.82) is 0 Å². The van der Waals surface area contributed by atoms with E-state index < -0.39 is 0 Å². The number of halogens is 1. The van der Waals surface area contributed by atoms with Crippen molar-refractivity contribution in [2.75, 3.05) is 23.3 Å². The van der Waals surface area contributed by atoms with Crippen LogP contribution in [0.3, 0.4) is 0 Å². The van der Waals surface area contributed by atoms with Gasteiger partial charge in [0.05, 0.1) is 0 Å². The maximum atomic E-state index is 5.94. The first-order valence-electron chi connectivity index (χ1n) is 9.25. The van der Waals surface area contributed by atoms with E-state index in [9.17, 15) is 0 Å². The van der Waals surface area contributed by atoms with Gasteiger partial charge in [-0.3, -0.25) is 0 Å². The second kappa shape index (κ2) is 6.23. The Morgan fingerprint density at radius 2 is 1.85 bits per heavy atom. The fourth-order valence-electron chi connectivity index (χ4n) is 3.90. The van der Waals surface area contributed by atoms with Crippen molar-refractivity contribution in [2.45, 2.75) is 19.3 Å². The smallest absolute Gasteiger partial charge is 0.225 e. The predicted molar refractivity (Wildman–Crippen MR) is 107 cm³/mol. The minimum Gasteiger partial charge on any atom is -0.355 e. The van der Waals surface area contributed by atoms with Crippen molar-refractivity contribution in [3.05, 3.63) is 47.6 Å². The number of rotatable bonds is 4. The van der Waals surface area contributed by atoms with Gasteiger partial charge in [0.2, 0.25) is 5.95 Å². The first-order valence-corrected chi connectivity index (χ1v) is 9.63. The number of nitrogens with zero attached hydrogens (tertiary/aromatic N) is 5. The highest BCUT2D eigenvalue weighted by molar-refractivity contribution is 6.30. The summed E-state index contributed by atoms with van der Waals surface area (Å²) in [5.74, 6) is 2.38. The number of anilines is 3. The van der Waals surface area contributed by atoms with Crippen LogP contribution in [-0.4, -0.2) is 32.8 Å². The third-order valence-electron chi connectivity index (χ3n) is 5.66. The molecule has 1 saturated heterocycles. The van der Waals surface area contributed by atoms with Crippen LogP contribution in [-0.2, 0) is 7.05 Å². The van der Waals surface area contributed by atoms with Gasteiger partial charge >= 0.3 is 0 Å². The van der Waals surface area contributed by atoms with Gasteiger partial charge in [-0.25, -0.2) is 9.67 Å². The molecule has 1 aliphatic carbocycles. The lowest BCUT2D eigenvalue weighted by Gasteiger charge is -2.56. The van der Waals surface area contributed by atoms with Crippen LogP contribution in [0.2, 0.25) is 5.02 Å². The fraction of sp³-hybridized carbons (Fsp3) is 0.350. The summed E-state index contributed by atoms with van der Waals surface area (Å²) >= 11 is 5.94. The standard InChI is InChI=1S/C20H21ClN6/c1-26-19(23-16-6-4-15(21)5-7-16)24-18(25-26)14-3-8-17(22-11-14)27-12-20(13-27)9-2-10-20/h3-8,11H,2,9-10,12-13H2,1H3,(H,23,24,25). The Kier molecular flexibility index (Phi) is 3.82. The lowest BCUT2D eigenvalue weighted by Crippen LogP contribution is -2.60. The number of pyridine rings is 1. The van der Waals surface area contributed by atoms with E-state index >= 15 is 0 Å². The van der Waals surface area contributed by atoms with Crippen molar-refractivity contribution in [2.24, 2.45) is 12.5 Å². The summed E-state index contributed by atoms with van der Waals surface area (Å²) in [6, 6.07) is 11.6. The summed E-state index contributed by atoms with van der Waals surface area (Å²) in [6.45, 7) is 2.30. The van der Waals surface area contributed by atoms with Crippen LogP contribution in [0, 0.1) is 5.41 Å². The Morgan fingerprint density at radius 3 is 2.48 bits per heavy atom. The molecule has 0 atom stereocenters. The van der Waals surface area contributed by atoms with Crippen molar-refractivity contribution >= 4 is 29.1 Å². The summed E-state index contributed by atoms with van der Waals surface area (Å²) in [5.41, 5.74) is 2.43. The van der Waals surface area contributed by atoms with Gasteiger partial charge in [-0.1, -0.05) is 18.0 Å². The Morgan fingerprint density at radius 1 is 1.07 bits per heavy atom. The molecule has 7 heteroatoms. The summed E-state index contributed by atoms with van der Waals surface area (Å²) in [7, 11) is 1.87. The van der Waals surface area contributed by atoms with Crippen LogP contribution in [0.25, 0.3) is 11.4 Å². The van der Waals surface area contributed by atoms with Crippen molar-refractivity contribution in [3.63, 3.8) is 0 Å². The third-order valence-corrected chi connectivity index (χ3v) is 5.91. The Labute approximate surface area is 163 Å². The summed E-state index contributed by atoms with van der Waals surface area (Å²) in [5, 5.41) is 8.48. The molecule has 1 saturated carbocycles. The van der Waals surface area contributed by atoms with Gasteiger partial charge in [0.1, 0.15) is 5.82 Å². The molecule has 1 aliphatic heterocycles. The molecule has 3 heterocycles. The largest absolute Gasteiger partial charge is 0.355 e. The average molecular weight is 381 g/mol. The SMILES string of the molecule is Cn1nc(-c2ccc(N3CC4(CCC4)C3)nc2)nc1Nc1ccc(Cl)cc1. The van der Waals surface area contributed by atoms with Crippen LogP contribution in [0.5, 0.6) is 0 Å². The first kappa shape index (κ1) is 16.6. The van der Waals surface area contributed by atoms with Crippen LogP contribution >= 0.6 is 11.6 Å². The van der Waals surface area contributed by atoms with Gasteiger partial charge in [-0.05, 0) is 49.2 Å². The molecule has 6 nitrogen and oxygen atoms in total. The highest BCUT2D eigenvalue weighted by Crippen LogP contribution is 2.49. The maximum absolute atomic E-state index is 5.94. The number of hydrogen-bond acceptors (Lipinski definition) is 5. The zero-order chi connectivity index (χ0) is 18.4. The van der Waals surface area contributed by atoms with Gasteiger partial charge in [0.25, 0.3) is 0 Å². The lowest BCUT2D eigenvalue weighted by atomic mass is 9.63. The van der Waals surface area contributed by atoms with Crippen LogP contribution in [0.4, 0.5) is 17.5 Å². The number of benzene rings is 1. The molecule has 5 rings (SSSR count). The summed E-state index contributed by atoms with van der Waals surface area (Å²) < 4.78 is 1.73. The monoisotopic (exact) mass is 380 g/mol. The molecule has 0 bridgehead atoms. The molecule has 3 aromatic rings. The van der Waals surface area contributed by atoms with E-state index in [0.29, 0.717) is 22.2 Å². The van der Waals surface area contributed by atoms with Crippen molar-refractivity contribution in [3.8, 4) is 11.4 Å². The molecule has 0 unspecified atom stereocenters. The number of hydrogen-bond donors (Lipinski definition) is 1. The lowest BCUT2D eigenvalue weighted by molar-refractivity contribution is 0.0896. The number of aromatic nitrogens is 4. The van der Waals surface area contributed by atoms with Crippen molar-refractivity contribution < 1.29 is 0 Å². The Hall–Kier alpha value is -2.60. The predicted octanol–water partition coefficient (Wildman–Crippen LogP) is 4.26. The van der Waals surface area contributed by atoms with Gasteiger partial charge in [0.15, 0.2) is 5.82 Å². The zero-order valence-electron chi connectivity index (χ0n) is 15.2.